The van der Waals surface area contributed by atoms with Crippen LogP contribution in [-0.4, -0.2) is 36.1 Å². The summed E-state index contributed by atoms with van der Waals surface area (Å²) < 4.78 is 0. The van der Waals surface area contributed by atoms with Crippen LogP contribution in [0.3, 0.4) is 0 Å². The molecule has 2 fully saturated rings. The Morgan fingerprint density at radius 1 is 1.37 bits per heavy atom. The van der Waals surface area contributed by atoms with Gasteiger partial charge in [0.1, 0.15) is 0 Å². The predicted molar refractivity (Wildman–Crippen MR) is 83.2 cm³/mol. The van der Waals surface area contributed by atoms with E-state index in [9.17, 15) is 0 Å². The maximum atomic E-state index is 4.69. The van der Waals surface area contributed by atoms with Gasteiger partial charge in [-0.15, -0.1) is 23.7 Å². The third-order valence-corrected chi connectivity index (χ3v) is 5.51. The van der Waals surface area contributed by atoms with Gasteiger partial charge in [-0.2, -0.15) is 0 Å². The molecule has 108 valence electrons. The Labute approximate surface area is 126 Å². The highest BCUT2D eigenvalue weighted by Gasteiger charge is 2.38. The van der Waals surface area contributed by atoms with E-state index in [1.165, 1.54) is 56.1 Å². The topological polar surface area (TPSA) is 28.2 Å². The molecule has 1 N–H and O–H groups in total. The van der Waals surface area contributed by atoms with Gasteiger partial charge in [-0.3, -0.25) is 4.90 Å². The number of nitrogens with zero attached hydrogens (tertiary/aromatic N) is 2. The second kappa shape index (κ2) is 6.53. The number of likely N-dealkylation sites (tertiary alicyclic amines) is 1. The molecule has 3 rings (SSSR count). The molecule has 0 bridgehead atoms. The molecule has 1 spiro atoms. The Morgan fingerprint density at radius 3 is 2.84 bits per heavy atom. The van der Waals surface area contributed by atoms with Gasteiger partial charge in [0.15, 0.2) is 0 Å². The largest absolute Gasteiger partial charge is 0.317 e. The van der Waals surface area contributed by atoms with Crippen molar-refractivity contribution < 1.29 is 0 Å². The lowest BCUT2D eigenvalue weighted by atomic mass is 9.78. The predicted octanol–water partition coefficient (Wildman–Crippen LogP) is 2.70. The maximum absolute atomic E-state index is 4.69. The molecular formula is C14H24ClN3S. The Morgan fingerprint density at radius 2 is 2.16 bits per heavy atom. The zero-order chi connectivity index (χ0) is 12.4. The number of nitrogens with one attached hydrogen (secondary N) is 1. The molecule has 0 aliphatic carbocycles. The van der Waals surface area contributed by atoms with Gasteiger partial charge in [-0.25, -0.2) is 4.98 Å². The maximum Gasteiger partial charge on any atom is 0.0926 e. The van der Waals surface area contributed by atoms with Crippen LogP contribution in [0.5, 0.6) is 0 Å². The van der Waals surface area contributed by atoms with Crippen molar-refractivity contribution in [2.24, 2.45) is 5.41 Å². The first-order chi connectivity index (χ1) is 8.80. The molecule has 2 aliphatic rings. The molecule has 19 heavy (non-hydrogen) atoms. The van der Waals surface area contributed by atoms with Crippen LogP contribution in [-0.2, 0) is 13.0 Å². The number of halogens is 1. The summed E-state index contributed by atoms with van der Waals surface area (Å²) in [5.41, 5.74) is 1.90. The Bertz CT molecular complexity index is 401. The molecule has 1 aromatic rings. The van der Waals surface area contributed by atoms with Crippen molar-refractivity contribution in [1.29, 1.82) is 0 Å². The first-order valence-electron chi connectivity index (χ1n) is 7.16. The molecular weight excluding hydrogens is 278 g/mol. The SMILES string of the molecule is CCc1nc(CN2CCC3(CCNCC3)C2)cs1.Cl. The highest BCUT2D eigenvalue weighted by molar-refractivity contribution is 7.09. The van der Waals surface area contributed by atoms with E-state index in [4.69, 9.17) is 4.98 Å². The molecule has 3 heterocycles. The van der Waals surface area contributed by atoms with E-state index in [-0.39, 0.29) is 12.4 Å². The third kappa shape index (κ3) is 3.48. The number of aryl methyl sites for hydroxylation is 1. The van der Waals surface area contributed by atoms with Gasteiger partial charge in [0.2, 0.25) is 0 Å². The summed E-state index contributed by atoms with van der Waals surface area (Å²) in [6.07, 6.45) is 5.18. The van der Waals surface area contributed by atoms with Gasteiger partial charge in [-0.05, 0) is 50.7 Å². The molecule has 3 nitrogen and oxygen atoms in total. The number of hydrogen-bond donors (Lipinski definition) is 1. The van der Waals surface area contributed by atoms with Gasteiger partial charge < -0.3 is 5.32 Å². The molecule has 0 radical (unpaired) electrons. The zero-order valence-electron chi connectivity index (χ0n) is 11.7. The van der Waals surface area contributed by atoms with E-state index in [2.05, 4.69) is 22.5 Å². The van der Waals surface area contributed by atoms with E-state index in [0.717, 1.165) is 13.0 Å². The molecule has 0 saturated carbocycles. The average molecular weight is 302 g/mol. The van der Waals surface area contributed by atoms with Crippen LogP contribution < -0.4 is 5.32 Å². The summed E-state index contributed by atoms with van der Waals surface area (Å²) in [5, 5.41) is 7.00. The van der Waals surface area contributed by atoms with E-state index in [0.29, 0.717) is 5.41 Å². The average Bonchev–Trinajstić information content (AvgIpc) is 2.99. The van der Waals surface area contributed by atoms with Crippen molar-refractivity contribution in [3.8, 4) is 0 Å². The van der Waals surface area contributed by atoms with Gasteiger partial charge in [0, 0.05) is 18.5 Å². The molecule has 0 aromatic carbocycles. The van der Waals surface area contributed by atoms with Crippen molar-refractivity contribution >= 4 is 23.7 Å². The lowest BCUT2D eigenvalue weighted by Crippen LogP contribution is -2.38. The number of rotatable bonds is 3. The van der Waals surface area contributed by atoms with E-state index < -0.39 is 0 Å². The van der Waals surface area contributed by atoms with Crippen LogP contribution in [0.15, 0.2) is 5.38 Å². The van der Waals surface area contributed by atoms with Crippen LogP contribution in [0.4, 0.5) is 0 Å². The lowest BCUT2D eigenvalue weighted by molar-refractivity contribution is 0.193. The van der Waals surface area contributed by atoms with Gasteiger partial charge in [0.05, 0.1) is 10.7 Å². The molecule has 1 aromatic heterocycles. The van der Waals surface area contributed by atoms with Crippen molar-refractivity contribution in [3.05, 3.63) is 16.1 Å². The fourth-order valence-electron chi connectivity index (χ4n) is 3.34. The fraction of sp³-hybridized carbons (Fsp3) is 0.786. The summed E-state index contributed by atoms with van der Waals surface area (Å²) in [7, 11) is 0. The van der Waals surface area contributed by atoms with Crippen molar-refractivity contribution in [2.75, 3.05) is 26.2 Å². The minimum atomic E-state index is 0. The van der Waals surface area contributed by atoms with Crippen LogP contribution in [0.2, 0.25) is 0 Å². The van der Waals surface area contributed by atoms with E-state index >= 15 is 0 Å². The number of hydrogen-bond acceptors (Lipinski definition) is 4. The first kappa shape index (κ1) is 15.2. The number of piperidine rings is 1. The quantitative estimate of drug-likeness (QED) is 0.930. The van der Waals surface area contributed by atoms with Crippen LogP contribution in [0.1, 0.15) is 36.9 Å². The van der Waals surface area contributed by atoms with E-state index in [1.54, 1.807) is 0 Å². The van der Waals surface area contributed by atoms with Crippen molar-refractivity contribution in [1.82, 2.24) is 15.2 Å². The van der Waals surface area contributed by atoms with Gasteiger partial charge >= 0.3 is 0 Å². The minimum absolute atomic E-state index is 0. The fourth-order valence-corrected chi connectivity index (χ4v) is 4.08. The smallest absolute Gasteiger partial charge is 0.0926 e. The summed E-state index contributed by atoms with van der Waals surface area (Å²) in [6.45, 7) is 8.22. The van der Waals surface area contributed by atoms with Crippen molar-refractivity contribution in [2.45, 2.75) is 39.2 Å². The summed E-state index contributed by atoms with van der Waals surface area (Å²) in [4.78, 5) is 7.30. The Kier molecular flexibility index (Phi) is 5.23. The van der Waals surface area contributed by atoms with E-state index in [1.807, 2.05) is 11.3 Å². The Balaban J connectivity index is 0.00000133. The molecule has 5 heteroatoms. The second-order valence-electron chi connectivity index (χ2n) is 5.80. The summed E-state index contributed by atoms with van der Waals surface area (Å²) in [5.74, 6) is 0. The molecule has 0 unspecified atom stereocenters. The molecule has 2 saturated heterocycles. The van der Waals surface area contributed by atoms with Crippen LogP contribution in [0.25, 0.3) is 0 Å². The van der Waals surface area contributed by atoms with Gasteiger partial charge in [0.25, 0.3) is 0 Å². The normalized spacial score (nSPS) is 22.6. The minimum Gasteiger partial charge on any atom is -0.317 e. The number of thiazole rings is 1. The van der Waals surface area contributed by atoms with Gasteiger partial charge in [-0.1, -0.05) is 6.92 Å². The lowest BCUT2D eigenvalue weighted by Gasteiger charge is -2.33. The third-order valence-electron chi connectivity index (χ3n) is 4.47. The molecule has 0 atom stereocenters. The molecule has 0 amide bonds. The molecule has 2 aliphatic heterocycles. The summed E-state index contributed by atoms with van der Waals surface area (Å²) in [6, 6.07) is 0. The zero-order valence-corrected chi connectivity index (χ0v) is 13.3. The van der Waals surface area contributed by atoms with Crippen LogP contribution >= 0.6 is 23.7 Å². The summed E-state index contributed by atoms with van der Waals surface area (Å²) >= 11 is 1.81. The van der Waals surface area contributed by atoms with Crippen molar-refractivity contribution in [3.63, 3.8) is 0 Å². The highest BCUT2D eigenvalue weighted by atomic mass is 35.5. The highest BCUT2D eigenvalue weighted by Crippen LogP contribution is 2.38. The second-order valence-corrected chi connectivity index (χ2v) is 6.74. The standard InChI is InChI=1S/C14H23N3S.ClH/c1-2-13-16-12(10-18-13)9-17-8-5-14(11-17)3-6-15-7-4-14;/h10,15H,2-9,11H2,1H3;1H. The monoisotopic (exact) mass is 301 g/mol. The Hall–Kier alpha value is -0.160. The van der Waals surface area contributed by atoms with Crippen LogP contribution in [0, 0.1) is 5.41 Å². The number of aromatic nitrogens is 1. The first-order valence-corrected chi connectivity index (χ1v) is 8.04.